The van der Waals surface area contributed by atoms with Gasteiger partial charge in [-0.05, 0) is 26.2 Å². The van der Waals surface area contributed by atoms with Crippen LogP contribution in [0.2, 0.25) is 0 Å². The van der Waals surface area contributed by atoms with Crippen molar-refractivity contribution in [1.29, 1.82) is 0 Å². The molecule has 2 aliphatic heterocycles. The van der Waals surface area contributed by atoms with Crippen molar-refractivity contribution >= 4 is 0 Å². The van der Waals surface area contributed by atoms with E-state index >= 15 is 0 Å². The maximum absolute atomic E-state index is 5.43. The van der Waals surface area contributed by atoms with Crippen molar-refractivity contribution < 1.29 is 9.33 Å². The quantitative estimate of drug-likeness (QED) is 0.621. The highest BCUT2D eigenvalue weighted by atomic mass is 16.5. The highest BCUT2D eigenvalue weighted by Crippen LogP contribution is 2.22. The minimum atomic E-state index is 0.931. The van der Waals surface area contributed by atoms with Crippen LogP contribution >= 0.6 is 0 Å². The molecule has 0 aromatic heterocycles. The Kier molecular flexibility index (Phi) is 3.42. The second-order valence-corrected chi connectivity index (χ2v) is 4.49. The molecule has 0 amide bonds. The van der Waals surface area contributed by atoms with Gasteiger partial charge in [0.2, 0.25) is 0 Å². The molecular formula is C11H23N2O+. The van der Waals surface area contributed by atoms with Gasteiger partial charge in [-0.1, -0.05) is 0 Å². The Bertz CT molecular complexity index is 172. The first-order valence-corrected chi connectivity index (χ1v) is 6.07. The van der Waals surface area contributed by atoms with Crippen LogP contribution in [0.25, 0.3) is 0 Å². The van der Waals surface area contributed by atoms with E-state index < -0.39 is 0 Å². The van der Waals surface area contributed by atoms with Gasteiger partial charge < -0.3 is 4.74 Å². The summed E-state index contributed by atoms with van der Waals surface area (Å²) < 4.78 is 6.67. The summed E-state index contributed by atoms with van der Waals surface area (Å²) in [6.45, 7) is 10.4. The molecule has 2 heterocycles. The third kappa shape index (κ3) is 1.95. The molecule has 2 saturated heterocycles. The number of nitrogens with zero attached hydrogens (tertiary/aromatic N) is 2. The van der Waals surface area contributed by atoms with Crippen LogP contribution in [-0.2, 0) is 4.74 Å². The van der Waals surface area contributed by atoms with Gasteiger partial charge in [0.15, 0.2) is 0 Å². The number of likely N-dealkylation sites (tertiary alicyclic amines) is 1. The second-order valence-electron chi connectivity index (χ2n) is 4.49. The van der Waals surface area contributed by atoms with Gasteiger partial charge >= 0.3 is 0 Å². The highest BCUT2D eigenvalue weighted by Gasteiger charge is 2.36. The molecule has 0 atom stereocenters. The molecule has 2 rings (SSSR count). The van der Waals surface area contributed by atoms with E-state index in [4.69, 9.17) is 4.74 Å². The Morgan fingerprint density at radius 1 is 1.07 bits per heavy atom. The highest BCUT2D eigenvalue weighted by molar-refractivity contribution is 4.58. The Hall–Kier alpha value is -0.120. The molecule has 0 radical (unpaired) electrons. The minimum Gasteiger partial charge on any atom is -0.378 e. The maximum Gasteiger partial charge on any atom is 0.0964 e. The molecule has 0 spiro atoms. The molecule has 2 aliphatic rings. The van der Waals surface area contributed by atoms with E-state index in [-0.39, 0.29) is 0 Å². The molecule has 0 aromatic rings. The molecule has 0 aromatic carbocycles. The van der Waals surface area contributed by atoms with Crippen LogP contribution in [0.3, 0.4) is 0 Å². The van der Waals surface area contributed by atoms with Crippen LogP contribution in [0.15, 0.2) is 0 Å². The lowest BCUT2D eigenvalue weighted by Crippen LogP contribution is -2.64. The van der Waals surface area contributed by atoms with Crippen molar-refractivity contribution in [1.82, 2.24) is 5.01 Å². The lowest BCUT2D eigenvalue weighted by atomic mass is 10.1. The van der Waals surface area contributed by atoms with Gasteiger partial charge in [-0.15, -0.1) is 0 Å². The van der Waals surface area contributed by atoms with E-state index in [0.717, 1.165) is 26.3 Å². The van der Waals surface area contributed by atoms with Gasteiger partial charge in [0.25, 0.3) is 0 Å². The predicted molar refractivity (Wildman–Crippen MR) is 56.8 cm³/mol. The van der Waals surface area contributed by atoms with Crippen LogP contribution in [-0.4, -0.2) is 55.5 Å². The maximum atomic E-state index is 5.43. The van der Waals surface area contributed by atoms with Gasteiger partial charge in [0.1, 0.15) is 0 Å². The monoisotopic (exact) mass is 199 g/mol. The zero-order chi connectivity index (χ0) is 9.86. The molecule has 0 aliphatic carbocycles. The Morgan fingerprint density at radius 3 is 2.29 bits per heavy atom. The summed E-state index contributed by atoms with van der Waals surface area (Å²) >= 11 is 0. The summed E-state index contributed by atoms with van der Waals surface area (Å²) in [6.07, 6.45) is 4.25. The smallest absolute Gasteiger partial charge is 0.0964 e. The zero-order valence-electron chi connectivity index (χ0n) is 9.37. The Balaban J connectivity index is 2.01. The number of piperidine rings is 1. The largest absolute Gasteiger partial charge is 0.378 e. The first kappa shape index (κ1) is 10.4. The van der Waals surface area contributed by atoms with Crippen molar-refractivity contribution in [2.75, 3.05) is 45.9 Å². The molecular weight excluding hydrogens is 176 g/mol. The summed E-state index contributed by atoms with van der Waals surface area (Å²) in [4.78, 5) is 0. The Labute approximate surface area is 87.2 Å². The van der Waals surface area contributed by atoms with Gasteiger partial charge in [0, 0.05) is 0 Å². The average Bonchev–Trinajstić information content (AvgIpc) is 2.31. The zero-order valence-corrected chi connectivity index (χ0v) is 9.37. The first-order valence-electron chi connectivity index (χ1n) is 6.07. The number of hydrogen-bond donors (Lipinski definition) is 0. The van der Waals surface area contributed by atoms with Gasteiger partial charge in [-0.25, -0.2) is 4.59 Å². The summed E-state index contributed by atoms with van der Waals surface area (Å²) in [5.41, 5.74) is 0. The van der Waals surface area contributed by atoms with Crippen LogP contribution in [0, 0.1) is 0 Å². The van der Waals surface area contributed by atoms with Crippen molar-refractivity contribution in [3.8, 4) is 0 Å². The molecule has 3 heteroatoms. The average molecular weight is 199 g/mol. The molecule has 14 heavy (non-hydrogen) atoms. The number of ether oxygens (including phenoxy) is 1. The fraction of sp³-hybridized carbons (Fsp3) is 1.00. The third-order valence-electron chi connectivity index (χ3n) is 3.82. The lowest BCUT2D eigenvalue weighted by Gasteiger charge is -2.48. The molecule has 0 bridgehead atoms. The Morgan fingerprint density at radius 2 is 1.71 bits per heavy atom. The molecule has 0 saturated carbocycles. The lowest BCUT2D eigenvalue weighted by molar-refractivity contribution is -1.04. The van der Waals surface area contributed by atoms with E-state index in [2.05, 4.69) is 11.9 Å². The van der Waals surface area contributed by atoms with Crippen LogP contribution in [0.4, 0.5) is 0 Å². The number of hydrogen-bond acceptors (Lipinski definition) is 2. The third-order valence-corrected chi connectivity index (χ3v) is 3.82. The van der Waals surface area contributed by atoms with E-state index in [0.29, 0.717) is 0 Å². The van der Waals surface area contributed by atoms with Crippen LogP contribution in [0.5, 0.6) is 0 Å². The summed E-state index contributed by atoms with van der Waals surface area (Å²) in [7, 11) is 0. The molecule has 0 unspecified atom stereocenters. The standard InChI is InChI=1S/C11H23N2O/c1-2-13(8-4-3-5-9-13)12-6-10-14-11-7-12/h2-11H2,1H3/q+1. The van der Waals surface area contributed by atoms with Crippen molar-refractivity contribution in [3.63, 3.8) is 0 Å². The number of rotatable bonds is 2. The van der Waals surface area contributed by atoms with Crippen LogP contribution in [0.1, 0.15) is 26.2 Å². The van der Waals surface area contributed by atoms with Gasteiger partial charge in [-0.3, -0.25) is 0 Å². The topological polar surface area (TPSA) is 12.5 Å². The van der Waals surface area contributed by atoms with Gasteiger partial charge in [-0.2, -0.15) is 5.01 Å². The summed E-state index contributed by atoms with van der Waals surface area (Å²) in [5.74, 6) is 0. The summed E-state index contributed by atoms with van der Waals surface area (Å²) in [6, 6.07) is 0. The predicted octanol–water partition coefficient (Wildman–Crippen LogP) is 1.25. The fourth-order valence-corrected chi connectivity index (χ4v) is 2.88. The van der Waals surface area contributed by atoms with Crippen LogP contribution < -0.4 is 0 Å². The fourth-order valence-electron chi connectivity index (χ4n) is 2.88. The number of quaternary nitrogens is 1. The SMILES string of the molecule is CC[N+]1(N2CCOCC2)CCCCC1. The molecule has 3 nitrogen and oxygen atoms in total. The van der Waals surface area contributed by atoms with Crippen molar-refractivity contribution in [3.05, 3.63) is 0 Å². The van der Waals surface area contributed by atoms with E-state index in [1.807, 2.05) is 0 Å². The van der Waals surface area contributed by atoms with Crippen molar-refractivity contribution in [2.24, 2.45) is 0 Å². The number of morpholine rings is 1. The molecule has 2 fully saturated rings. The van der Waals surface area contributed by atoms with Crippen molar-refractivity contribution in [2.45, 2.75) is 26.2 Å². The van der Waals surface area contributed by atoms with E-state index in [1.54, 1.807) is 0 Å². The second kappa shape index (κ2) is 4.60. The van der Waals surface area contributed by atoms with E-state index in [1.165, 1.54) is 43.5 Å². The van der Waals surface area contributed by atoms with E-state index in [9.17, 15) is 0 Å². The van der Waals surface area contributed by atoms with Gasteiger partial charge in [0.05, 0.1) is 45.9 Å². The molecule has 0 N–H and O–H groups in total. The first-order chi connectivity index (χ1) is 6.87. The molecule has 82 valence electrons. The normalized spacial score (nSPS) is 28.9. The minimum absolute atomic E-state index is 0.931. The summed E-state index contributed by atoms with van der Waals surface area (Å²) in [5, 5.41) is 2.64.